The summed E-state index contributed by atoms with van der Waals surface area (Å²) in [7, 11) is 0. The van der Waals surface area contributed by atoms with Crippen LogP contribution < -0.4 is 10.1 Å². The molecule has 0 aliphatic carbocycles. The lowest BCUT2D eigenvalue weighted by molar-refractivity contribution is 0.306. The van der Waals surface area contributed by atoms with Crippen molar-refractivity contribution in [3.63, 3.8) is 0 Å². The van der Waals surface area contributed by atoms with Crippen LogP contribution in [0.5, 0.6) is 5.75 Å². The van der Waals surface area contributed by atoms with Crippen molar-refractivity contribution in [3.05, 3.63) is 99.5 Å². The zero-order chi connectivity index (χ0) is 19.8. The van der Waals surface area contributed by atoms with Gasteiger partial charge in [-0.15, -0.1) is 0 Å². The summed E-state index contributed by atoms with van der Waals surface area (Å²) in [6, 6.07) is 24.7. The molecule has 0 amide bonds. The maximum Gasteiger partial charge on any atom is 0.119 e. The van der Waals surface area contributed by atoms with E-state index in [1.807, 2.05) is 30.3 Å². The van der Waals surface area contributed by atoms with Gasteiger partial charge in [0, 0.05) is 28.2 Å². The summed E-state index contributed by atoms with van der Waals surface area (Å²) in [5.41, 5.74) is 3.43. The van der Waals surface area contributed by atoms with Gasteiger partial charge in [0.2, 0.25) is 0 Å². The van der Waals surface area contributed by atoms with Crippen LogP contribution in [-0.4, -0.2) is 6.04 Å². The third-order valence-electron chi connectivity index (χ3n) is 4.73. The van der Waals surface area contributed by atoms with Crippen molar-refractivity contribution in [1.29, 1.82) is 0 Å². The van der Waals surface area contributed by atoms with Gasteiger partial charge in [0.15, 0.2) is 0 Å². The number of rotatable bonds is 9. The third kappa shape index (κ3) is 6.27. The van der Waals surface area contributed by atoms with E-state index in [-0.39, 0.29) is 0 Å². The normalized spacial score (nSPS) is 12.0. The fraction of sp³-hybridized carbons (Fsp3) is 0.250. The van der Waals surface area contributed by atoms with Crippen LogP contribution in [0.2, 0.25) is 10.0 Å². The minimum atomic E-state index is 0.354. The molecule has 146 valence electrons. The van der Waals surface area contributed by atoms with E-state index >= 15 is 0 Å². The second-order valence-electron chi connectivity index (χ2n) is 6.94. The Morgan fingerprint density at radius 3 is 2.18 bits per heavy atom. The molecule has 0 unspecified atom stereocenters. The fourth-order valence-electron chi connectivity index (χ4n) is 2.95. The SMILES string of the molecule is C[C@@H](CCc1ccccc1)NCc1ccc(OCc2c(Cl)cccc2Cl)cc1. The molecule has 0 radical (unpaired) electrons. The number of halogens is 2. The summed E-state index contributed by atoms with van der Waals surface area (Å²) < 4.78 is 5.83. The van der Waals surface area contributed by atoms with Gasteiger partial charge in [-0.05, 0) is 55.2 Å². The number of benzene rings is 3. The highest BCUT2D eigenvalue weighted by Gasteiger charge is 2.07. The van der Waals surface area contributed by atoms with E-state index in [1.54, 1.807) is 0 Å². The molecule has 1 N–H and O–H groups in total. The second-order valence-corrected chi connectivity index (χ2v) is 7.75. The Balaban J connectivity index is 1.44. The lowest BCUT2D eigenvalue weighted by Gasteiger charge is -2.14. The van der Waals surface area contributed by atoms with Crippen LogP contribution in [0.4, 0.5) is 0 Å². The van der Waals surface area contributed by atoms with Gasteiger partial charge in [-0.25, -0.2) is 0 Å². The second kappa shape index (κ2) is 10.5. The van der Waals surface area contributed by atoms with Crippen LogP contribution in [0, 0.1) is 0 Å². The van der Waals surface area contributed by atoms with Crippen LogP contribution in [0.1, 0.15) is 30.0 Å². The molecule has 0 aromatic heterocycles. The molecule has 0 fully saturated rings. The molecular formula is C24H25Cl2NO. The Morgan fingerprint density at radius 2 is 1.50 bits per heavy atom. The first kappa shape index (κ1) is 20.7. The Morgan fingerprint density at radius 1 is 0.821 bits per heavy atom. The van der Waals surface area contributed by atoms with E-state index in [0.29, 0.717) is 22.7 Å². The molecule has 0 bridgehead atoms. The van der Waals surface area contributed by atoms with Gasteiger partial charge in [-0.3, -0.25) is 0 Å². The highest BCUT2D eigenvalue weighted by Crippen LogP contribution is 2.26. The standard InChI is InChI=1S/C24H25Cl2NO/c1-18(10-11-19-6-3-2-4-7-19)27-16-20-12-14-21(15-13-20)28-17-22-23(25)8-5-9-24(22)26/h2-9,12-15,18,27H,10-11,16-17H2,1H3/t18-/m0/s1. The molecule has 1 atom stereocenters. The van der Waals surface area contributed by atoms with Gasteiger partial charge in [0.05, 0.1) is 0 Å². The molecule has 0 saturated carbocycles. The van der Waals surface area contributed by atoms with E-state index in [1.165, 1.54) is 11.1 Å². The summed E-state index contributed by atoms with van der Waals surface area (Å²) in [5.74, 6) is 0.803. The maximum atomic E-state index is 6.18. The van der Waals surface area contributed by atoms with Gasteiger partial charge < -0.3 is 10.1 Å². The average Bonchev–Trinajstić information content (AvgIpc) is 2.72. The van der Waals surface area contributed by atoms with E-state index in [4.69, 9.17) is 27.9 Å². The predicted octanol–water partition coefficient (Wildman–Crippen LogP) is 6.68. The molecule has 0 saturated heterocycles. The summed E-state index contributed by atoms with van der Waals surface area (Å²) >= 11 is 12.4. The van der Waals surface area contributed by atoms with Crippen molar-refractivity contribution in [2.24, 2.45) is 0 Å². The monoisotopic (exact) mass is 413 g/mol. The molecule has 0 heterocycles. The molecule has 3 rings (SSSR count). The van der Waals surface area contributed by atoms with Crippen LogP contribution >= 0.6 is 23.2 Å². The average molecular weight is 414 g/mol. The van der Waals surface area contributed by atoms with E-state index in [0.717, 1.165) is 30.7 Å². The first-order valence-corrected chi connectivity index (χ1v) is 10.3. The molecule has 2 nitrogen and oxygen atoms in total. The minimum absolute atomic E-state index is 0.354. The molecule has 4 heteroatoms. The van der Waals surface area contributed by atoms with E-state index in [2.05, 4.69) is 54.7 Å². The Kier molecular flexibility index (Phi) is 7.79. The van der Waals surface area contributed by atoms with Crippen molar-refractivity contribution >= 4 is 23.2 Å². The van der Waals surface area contributed by atoms with Gasteiger partial charge in [-0.1, -0.05) is 71.7 Å². The largest absolute Gasteiger partial charge is 0.489 e. The molecule has 3 aromatic rings. The number of ether oxygens (including phenoxy) is 1. The topological polar surface area (TPSA) is 21.3 Å². The molecule has 0 spiro atoms. The zero-order valence-electron chi connectivity index (χ0n) is 16.0. The lowest BCUT2D eigenvalue weighted by atomic mass is 10.1. The zero-order valence-corrected chi connectivity index (χ0v) is 17.5. The number of nitrogens with one attached hydrogen (secondary N) is 1. The Bertz CT molecular complexity index is 845. The van der Waals surface area contributed by atoms with Crippen LogP contribution in [-0.2, 0) is 19.6 Å². The molecule has 0 aliphatic heterocycles. The third-order valence-corrected chi connectivity index (χ3v) is 5.44. The summed E-state index contributed by atoms with van der Waals surface area (Å²) in [5, 5.41) is 4.83. The lowest BCUT2D eigenvalue weighted by Crippen LogP contribution is -2.25. The van der Waals surface area contributed by atoms with Crippen molar-refractivity contribution in [2.45, 2.75) is 39.0 Å². The Labute approximate surface area is 177 Å². The fourth-order valence-corrected chi connectivity index (χ4v) is 3.46. The Hall–Kier alpha value is -2.00. The first-order valence-electron chi connectivity index (χ1n) is 9.54. The summed E-state index contributed by atoms with van der Waals surface area (Å²) in [6.45, 7) is 3.42. The van der Waals surface area contributed by atoms with Crippen LogP contribution in [0.15, 0.2) is 72.8 Å². The van der Waals surface area contributed by atoms with Crippen LogP contribution in [0.25, 0.3) is 0 Å². The molecule has 3 aromatic carbocycles. The minimum Gasteiger partial charge on any atom is -0.489 e. The predicted molar refractivity (Wildman–Crippen MR) is 118 cm³/mol. The molecule has 28 heavy (non-hydrogen) atoms. The molecular weight excluding hydrogens is 389 g/mol. The number of hydrogen-bond donors (Lipinski definition) is 1. The van der Waals surface area contributed by atoms with Gasteiger partial charge >= 0.3 is 0 Å². The number of hydrogen-bond acceptors (Lipinski definition) is 2. The summed E-state index contributed by atoms with van der Waals surface area (Å²) in [6.07, 6.45) is 2.20. The maximum absolute atomic E-state index is 6.18. The van der Waals surface area contributed by atoms with Crippen molar-refractivity contribution < 1.29 is 4.74 Å². The van der Waals surface area contributed by atoms with E-state index in [9.17, 15) is 0 Å². The molecule has 0 aliphatic rings. The highest BCUT2D eigenvalue weighted by atomic mass is 35.5. The quantitative estimate of drug-likeness (QED) is 0.422. The van der Waals surface area contributed by atoms with Crippen molar-refractivity contribution in [1.82, 2.24) is 5.32 Å². The first-order chi connectivity index (χ1) is 13.6. The van der Waals surface area contributed by atoms with Crippen molar-refractivity contribution in [2.75, 3.05) is 0 Å². The summed E-state index contributed by atoms with van der Waals surface area (Å²) in [4.78, 5) is 0. The smallest absolute Gasteiger partial charge is 0.119 e. The van der Waals surface area contributed by atoms with E-state index < -0.39 is 0 Å². The highest BCUT2D eigenvalue weighted by molar-refractivity contribution is 6.35. The van der Waals surface area contributed by atoms with Gasteiger partial charge in [0.25, 0.3) is 0 Å². The van der Waals surface area contributed by atoms with Crippen molar-refractivity contribution in [3.8, 4) is 5.75 Å². The van der Waals surface area contributed by atoms with Crippen LogP contribution in [0.3, 0.4) is 0 Å². The van der Waals surface area contributed by atoms with Gasteiger partial charge in [-0.2, -0.15) is 0 Å². The number of aryl methyl sites for hydroxylation is 1. The van der Waals surface area contributed by atoms with Gasteiger partial charge in [0.1, 0.15) is 12.4 Å².